The molecule has 164 valence electrons. The van der Waals surface area contributed by atoms with E-state index < -0.39 is 5.91 Å². The Morgan fingerprint density at radius 3 is 2.75 bits per heavy atom. The molecule has 1 atom stereocenters. The van der Waals surface area contributed by atoms with Crippen LogP contribution in [0.25, 0.3) is 10.9 Å². The number of pyridine rings is 1. The van der Waals surface area contributed by atoms with E-state index in [-0.39, 0.29) is 6.04 Å². The van der Waals surface area contributed by atoms with Gasteiger partial charge in [-0.3, -0.25) is 15.0 Å². The summed E-state index contributed by atoms with van der Waals surface area (Å²) in [6.45, 7) is 5.95. The van der Waals surface area contributed by atoms with Crippen LogP contribution in [0.5, 0.6) is 0 Å². The van der Waals surface area contributed by atoms with E-state index >= 15 is 0 Å². The van der Waals surface area contributed by atoms with E-state index in [1.54, 1.807) is 12.3 Å². The summed E-state index contributed by atoms with van der Waals surface area (Å²) in [5, 5.41) is 6.79. The van der Waals surface area contributed by atoms with Crippen LogP contribution in [0, 0.1) is 11.8 Å². The third-order valence-corrected chi connectivity index (χ3v) is 5.82. The molecule has 0 bridgehead atoms. The Morgan fingerprint density at radius 1 is 1.16 bits per heavy atom. The number of carbonyl (C=O) groups excluding carboxylic acids is 1. The Bertz CT molecular complexity index is 1180. The zero-order chi connectivity index (χ0) is 22.5. The van der Waals surface area contributed by atoms with Crippen molar-refractivity contribution in [2.24, 2.45) is 0 Å². The highest BCUT2D eigenvalue weighted by atomic mass is 79.9. The van der Waals surface area contributed by atoms with Crippen LogP contribution in [0.15, 0.2) is 47.3 Å². The molecule has 9 heteroatoms. The molecule has 1 aromatic carbocycles. The number of hydrogen-bond acceptors (Lipinski definition) is 7. The van der Waals surface area contributed by atoms with Gasteiger partial charge in [0.05, 0.1) is 17.8 Å². The number of hydrogen-bond donors (Lipinski definition) is 2. The quantitative estimate of drug-likeness (QED) is 0.539. The minimum absolute atomic E-state index is 0.0217. The van der Waals surface area contributed by atoms with Gasteiger partial charge in [0, 0.05) is 41.7 Å². The maximum absolute atomic E-state index is 12.4. The van der Waals surface area contributed by atoms with Gasteiger partial charge >= 0.3 is 5.91 Å². The molecular weight excluding hydrogens is 470 g/mol. The molecule has 3 aromatic rings. The highest BCUT2D eigenvalue weighted by molar-refractivity contribution is 9.10. The predicted octanol–water partition coefficient (Wildman–Crippen LogP) is 3.11. The molecule has 1 unspecified atom stereocenters. The number of nitrogens with zero attached hydrogens (tertiary/aromatic N) is 5. The lowest BCUT2D eigenvalue weighted by Gasteiger charge is -2.34. The summed E-state index contributed by atoms with van der Waals surface area (Å²) in [7, 11) is 2.11. The minimum Gasteiger partial charge on any atom is -0.340 e. The number of halogens is 1. The number of amides is 1. The zero-order valence-electron chi connectivity index (χ0n) is 18.0. The zero-order valence-corrected chi connectivity index (χ0v) is 19.6. The number of carbonyl (C=O) groups is 1. The predicted molar refractivity (Wildman–Crippen MR) is 130 cm³/mol. The Balaban J connectivity index is 1.47. The first-order valence-corrected chi connectivity index (χ1v) is 11.2. The molecule has 32 heavy (non-hydrogen) atoms. The number of nitrogens with one attached hydrogen (secondary N) is 2. The van der Waals surface area contributed by atoms with E-state index in [1.165, 1.54) is 6.33 Å². The highest BCUT2D eigenvalue weighted by Gasteiger charge is 2.17. The average molecular weight is 494 g/mol. The van der Waals surface area contributed by atoms with Crippen molar-refractivity contribution < 1.29 is 4.79 Å². The average Bonchev–Trinajstić information content (AvgIpc) is 2.78. The van der Waals surface area contributed by atoms with E-state index in [1.807, 2.05) is 31.2 Å². The van der Waals surface area contributed by atoms with Gasteiger partial charge in [-0.2, -0.15) is 0 Å². The summed E-state index contributed by atoms with van der Waals surface area (Å²) >= 11 is 3.47. The second-order valence-corrected chi connectivity index (χ2v) is 8.60. The first-order chi connectivity index (χ1) is 15.5. The summed E-state index contributed by atoms with van der Waals surface area (Å²) in [6, 6.07) is 9.55. The van der Waals surface area contributed by atoms with E-state index in [0.717, 1.165) is 41.7 Å². The van der Waals surface area contributed by atoms with Crippen molar-refractivity contribution in [2.45, 2.75) is 13.0 Å². The molecule has 1 aliphatic heterocycles. The van der Waals surface area contributed by atoms with Crippen LogP contribution in [0.4, 0.5) is 17.3 Å². The van der Waals surface area contributed by atoms with Crippen LogP contribution < -0.4 is 10.6 Å². The smallest absolute Gasteiger partial charge is 0.301 e. The lowest BCUT2D eigenvalue weighted by molar-refractivity contribution is -0.111. The maximum Gasteiger partial charge on any atom is 0.301 e. The fourth-order valence-corrected chi connectivity index (χ4v) is 3.85. The SMILES string of the molecule is CC(C#CC(=O)Nc1cc2c(Nc3cccc(Br)c3)ncnc2cn1)N1CCN(C)CC1. The molecule has 0 aliphatic carbocycles. The van der Waals surface area contributed by atoms with Gasteiger partial charge in [0.15, 0.2) is 0 Å². The Labute approximate surface area is 195 Å². The topological polar surface area (TPSA) is 86.3 Å². The van der Waals surface area contributed by atoms with E-state index in [4.69, 9.17) is 0 Å². The van der Waals surface area contributed by atoms with Crippen LogP contribution in [-0.4, -0.2) is 69.9 Å². The highest BCUT2D eigenvalue weighted by Crippen LogP contribution is 2.25. The molecule has 0 radical (unpaired) electrons. The van der Waals surface area contributed by atoms with Crippen LogP contribution >= 0.6 is 15.9 Å². The molecule has 4 rings (SSSR count). The van der Waals surface area contributed by atoms with Crippen LogP contribution in [-0.2, 0) is 4.79 Å². The molecule has 1 aliphatic rings. The summed E-state index contributed by atoms with van der Waals surface area (Å²) in [6.07, 6.45) is 3.09. The van der Waals surface area contributed by atoms with Crippen molar-refractivity contribution in [3.63, 3.8) is 0 Å². The Hall–Kier alpha value is -3.06. The van der Waals surface area contributed by atoms with Crippen molar-refractivity contribution in [1.29, 1.82) is 0 Å². The number of fused-ring (bicyclic) bond motifs is 1. The van der Waals surface area contributed by atoms with Gasteiger partial charge in [0.25, 0.3) is 0 Å². The molecule has 1 fully saturated rings. The molecule has 0 spiro atoms. The fraction of sp³-hybridized carbons (Fsp3) is 0.304. The van der Waals surface area contributed by atoms with Crippen molar-refractivity contribution in [2.75, 3.05) is 43.9 Å². The number of benzene rings is 1. The molecule has 8 nitrogen and oxygen atoms in total. The van der Waals surface area contributed by atoms with E-state index in [2.05, 4.69) is 70.2 Å². The Kier molecular flexibility index (Phi) is 6.95. The second-order valence-electron chi connectivity index (χ2n) is 7.68. The summed E-state index contributed by atoms with van der Waals surface area (Å²) in [5.74, 6) is 6.38. The molecule has 1 amide bonds. The van der Waals surface area contributed by atoms with Crippen LogP contribution in [0.3, 0.4) is 0 Å². The third-order valence-electron chi connectivity index (χ3n) is 5.33. The normalized spacial score (nSPS) is 15.6. The lowest BCUT2D eigenvalue weighted by atomic mass is 10.2. The summed E-state index contributed by atoms with van der Waals surface area (Å²) in [5.41, 5.74) is 1.55. The summed E-state index contributed by atoms with van der Waals surface area (Å²) < 4.78 is 0.958. The van der Waals surface area contributed by atoms with Crippen molar-refractivity contribution in [3.05, 3.63) is 47.3 Å². The van der Waals surface area contributed by atoms with Crippen molar-refractivity contribution >= 4 is 50.1 Å². The standard InChI is InChI=1S/C23H24BrN7O/c1-16(31-10-8-30(2)9-11-31)6-7-22(32)29-21-13-19-20(14-25-21)26-15-27-23(19)28-18-5-3-4-17(24)12-18/h3-5,12-16H,8-11H2,1-2H3,(H,25,29,32)(H,26,27,28). The fourth-order valence-electron chi connectivity index (χ4n) is 3.45. The van der Waals surface area contributed by atoms with E-state index in [0.29, 0.717) is 17.2 Å². The van der Waals surface area contributed by atoms with Gasteiger partial charge in [-0.05, 0) is 44.2 Å². The Morgan fingerprint density at radius 2 is 1.97 bits per heavy atom. The number of rotatable bonds is 4. The maximum atomic E-state index is 12.4. The van der Waals surface area contributed by atoms with Crippen molar-refractivity contribution in [1.82, 2.24) is 24.8 Å². The number of anilines is 3. The van der Waals surface area contributed by atoms with Gasteiger partial charge in [-0.25, -0.2) is 15.0 Å². The molecule has 3 heterocycles. The van der Waals surface area contributed by atoms with Crippen LogP contribution in [0.1, 0.15) is 6.92 Å². The van der Waals surface area contributed by atoms with Crippen molar-refractivity contribution in [3.8, 4) is 11.8 Å². The number of piperazine rings is 1. The number of aromatic nitrogens is 3. The molecule has 0 saturated carbocycles. The minimum atomic E-state index is -0.392. The molecule has 2 N–H and O–H groups in total. The largest absolute Gasteiger partial charge is 0.340 e. The first-order valence-electron chi connectivity index (χ1n) is 10.4. The van der Waals surface area contributed by atoms with Gasteiger partial charge < -0.3 is 10.2 Å². The molecule has 2 aromatic heterocycles. The van der Waals surface area contributed by atoms with Gasteiger partial charge in [-0.1, -0.05) is 27.9 Å². The first kappa shape index (κ1) is 22.1. The van der Waals surface area contributed by atoms with Gasteiger partial charge in [-0.15, -0.1) is 0 Å². The molecular formula is C23H24BrN7O. The second kappa shape index (κ2) is 10.0. The van der Waals surface area contributed by atoms with Gasteiger partial charge in [0.2, 0.25) is 0 Å². The summed E-state index contributed by atoms with van der Waals surface area (Å²) in [4.78, 5) is 29.9. The van der Waals surface area contributed by atoms with E-state index in [9.17, 15) is 4.79 Å². The van der Waals surface area contributed by atoms with Crippen LogP contribution in [0.2, 0.25) is 0 Å². The lowest BCUT2D eigenvalue weighted by Crippen LogP contribution is -2.47. The molecule has 1 saturated heterocycles. The third kappa shape index (κ3) is 5.59. The number of likely N-dealkylation sites (N-methyl/N-ethyl adjacent to an activating group) is 1. The van der Waals surface area contributed by atoms with Gasteiger partial charge in [0.1, 0.15) is 18.0 Å². The monoisotopic (exact) mass is 493 g/mol.